The number of hydrogen-bond acceptors (Lipinski definition) is 2. The minimum absolute atomic E-state index is 0.0100. The van der Waals surface area contributed by atoms with Gasteiger partial charge in [-0.05, 0) is 37.0 Å². The normalized spacial score (nSPS) is 15.0. The Morgan fingerprint density at radius 3 is 2.00 bits per heavy atom. The molecule has 88 valence electrons. The Balaban J connectivity index is 2.73. The van der Waals surface area contributed by atoms with Gasteiger partial charge in [0.25, 0.3) is 0 Å². The highest BCUT2D eigenvalue weighted by Crippen LogP contribution is 2.29. The number of benzene rings is 1. The first kappa shape index (κ1) is 11.8. The first-order valence-corrected chi connectivity index (χ1v) is 5.84. The van der Waals surface area contributed by atoms with Crippen LogP contribution in [0.3, 0.4) is 0 Å². The number of aryl methyl sites for hydroxylation is 2. The van der Waals surface area contributed by atoms with Crippen LogP contribution in [0.4, 0.5) is 0 Å². The quantitative estimate of drug-likeness (QED) is 0.739. The minimum Gasteiger partial charge on any atom is -0.289 e. The van der Waals surface area contributed by atoms with E-state index in [9.17, 15) is 9.59 Å². The molecule has 1 aromatic rings. The first-order chi connectivity index (χ1) is 7.93. The van der Waals surface area contributed by atoms with Crippen molar-refractivity contribution in [3.63, 3.8) is 0 Å². The van der Waals surface area contributed by atoms with Crippen molar-refractivity contribution in [2.75, 3.05) is 0 Å². The second kappa shape index (κ2) is 3.95. The molecule has 2 rings (SSSR count). The Morgan fingerprint density at radius 1 is 0.941 bits per heavy atom. The molecule has 0 aromatic heterocycles. The molecule has 2 heteroatoms. The van der Waals surface area contributed by atoms with Gasteiger partial charge < -0.3 is 0 Å². The third kappa shape index (κ3) is 1.74. The predicted molar refractivity (Wildman–Crippen MR) is 67.5 cm³/mol. The fourth-order valence-electron chi connectivity index (χ4n) is 2.27. The standard InChI is InChI=1S/C15H16O2/c1-8(2)11-7-12(16)13-9(3)5-6-10(4)14(13)15(11)17/h5-8H,1-4H3. The van der Waals surface area contributed by atoms with Crippen molar-refractivity contribution in [1.82, 2.24) is 0 Å². The third-order valence-electron chi connectivity index (χ3n) is 3.27. The zero-order valence-electron chi connectivity index (χ0n) is 10.6. The maximum absolute atomic E-state index is 12.4. The minimum atomic E-state index is -0.0375. The Hall–Kier alpha value is -1.70. The smallest absolute Gasteiger partial charge is 0.190 e. The first-order valence-electron chi connectivity index (χ1n) is 5.84. The summed E-state index contributed by atoms with van der Waals surface area (Å²) in [6.45, 7) is 7.63. The molecule has 0 heterocycles. The van der Waals surface area contributed by atoms with Gasteiger partial charge in [0.1, 0.15) is 0 Å². The van der Waals surface area contributed by atoms with Gasteiger partial charge in [-0.3, -0.25) is 9.59 Å². The van der Waals surface area contributed by atoms with Crippen LogP contribution in [0.15, 0.2) is 23.8 Å². The van der Waals surface area contributed by atoms with Gasteiger partial charge in [0.2, 0.25) is 0 Å². The summed E-state index contributed by atoms with van der Waals surface area (Å²) in [5, 5.41) is 0. The lowest BCUT2D eigenvalue weighted by Crippen LogP contribution is -2.22. The van der Waals surface area contributed by atoms with Crippen molar-refractivity contribution in [2.45, 2.75) is 27.7 Å². The zero-order valence-corrected chi connectivity index (χ0v) is 10.6. The Kier molecular flexibility index (Phi) is 2.74. The number of ketones is 2. The van der Waals surface area contributed by atoms with Gasteiger partial charge in [-0.2, -0.15) is 0 Å². The van der Waals surface area contributed by atoms with Crippen LogP contribution in [0, 0.1) is 19.8 Å². The third-order valence-corrected chi connectivity index (χ3v) is 3.27. The van der Waals surface area contributed by atoms with Gasteiger partial charge >= 0.3 is 0 Å². The summed E-state index contributed by atoms with van der Waals surface area (Å²) in [6.07, 6.45) is 1.50. The SMILES string of the molecule is Cc1ccc(C)c2c1C(=O)C=C(C(C)C)C2=O. The van der Waals surface area contributed by atoms with Gasteiger partial charge in [-0.1, -0.05) is 26.0 Å². The van der Waals surface area contributed by atoms with Gasteiger partial charge in [0, 0.05) is 16.7 Å². The van der Waals surface area contributed by atoms with Crippen molar-refractivity contribution < 1.29 is 9.59 Å². The summed E-state index contributed by atoms with van der Waals surface area (Å²) < 4.78 is 0. The lowest BCUT2D eigenvalue weighted by Gasteiger charge is -2.20. The molecule has 0 spiro atoms. The van der Waals surface area contributed by atoms with Crippen LogP contribution in [0.5, 0.6) is 0 Å². The van der Waals surface area contributed by atoms with E-state index in [-0.39, 0.29) is 17.5 Å². The van der Waals surface area contributed by atoms with E-state index in [0.717, 1.165) is 11.1 Å². The number of carbonyl (C=O) groups is 2. The molecule has 1 aliphatic rings. The van der Waals surface area contributed by atoms with Gasteiger partial charge in [-0.15, -0.1) is 0 Å². The summed E-state index contributed by atoms with van der Waals surface area (Å²) in [4.78, 5) is 24.4. The van der Waals surface area contributed by atoms with Gasteiger partial charge in [-0.25, -0.2) is 0 Å². The van der Waals surface area contributed by atoms with Crippen LogP contribution in [0.25, 0.3) is 0 Å². The molecule has 0 bridgehead atoms. The molecule has 0 fully saturated rings. The molecule has 0 saturated carbocycles. The zero-order chi connectivity index (χ0) is 12.7. The Morgan fingerprint density at radius 2 is 1.47 bits per heavy atom. The summed E-state index contributed by atoms with van der Waals surface area (Å²) in [7, 11) is 0. The van der Waals surface area contributed by atoms with Crippen LogP contribution in [-0.2, 0) is 0 Å². The monoisotopic (exact) mass is 228 g/mol. The summed E-state index contributed by atoms with van der Waals surface area (Å²) in [5.74, 6) is 0.0554. The summed E-state index contributed by atoms with van der Waals surface area (Å²) >= 11 is 0. The Labute approximate surface area is 101 Å². The van der Waals surface area contributed by atoms with Gasteiger partial charge in [0.15, 0.2) is 11.6 Å². The highest BCUT2D eigenvalue weighted by molar-refractivity contribution is 6.25. The van der Waals surface area contributed by atoms with Crippen LogP contribution < -0.4 is 0 Å². The highest BCUT2D eigenvalue weighted by Gasteiger charge is 2.29. The predicted octanol–water partition coefficient (Wildman–Crippen LogP) is 3.26. The van der Waals surface area contributed by atoms with Crippen molar-refractivity contribution in [3.8, 4) is 0 Å². The van der Waals surface area contributed by atoms with E-state index in [1.807, 2.05) is 39.8 Å². The molecule has 1 aliphatic carbocycles. The maximum Gasteiger partial charge on any atom is 0.190 e. The lowest BCUT2D eigenvalue weighted by molar-refractivity contribution is 0.0975. The van der Waals surface area contributed by atoms with E-state index in [2.05, 4.69) is 0 Å². The fraction of sp³-hybridized carbons (Fsp3) is 0.333. The van der Waals surface area contributed by atoms with Crippen molar-refractivity contribution in [1.29, 1.82) is 0 Å². The molecule has 0 radical (unpaired) electrons. The molecule has 0 amide bonds. The average molecular weight is 228 g/mol. The number of rotatable bonds is 1. The molecular weight excluding hydrogens is 212 g/mol. The number of allylic oxidation sites excluding steroid dienone is 2. The Bertz CT molecular complexity index is 548. The molecule has 0 atom stereocenters. The molecule has 2 nitrogen and oxygen atoms in total. The highest BCUT2D eigenvalue weighted by atomic mass is 16.1. The van der Waals surface area contributed by atoms with Crippen LogP contribution in [0.1, 0.15) is 45.7 Å². The maximum atomic E-state index is 12.4. The largest absolute Gasteiger partial charge is 0.289 e. The molecule has 0 unspecified atom stereocenters. The van der Waals surface area contributed by atoms with E-state index < -0.39 is 0 Å². The fourth-order valence-corrected chi connectivity index (χ4v) is 2.27. The molecule has 0 N–H and O–H groups in total. The summed E-state index contributed by atoms with van der Waals surface area (Å²) in [5.41, 5.74) is 3.56. The number of hydrogen-bond donors (Lipinski definition) is 0. The second-order valence-electron chi connectivity index (χ2n) is 4.90. The van der Waals surface area contributed by atoms with Crippen LogP contribution in [0.2, 0.25) is 0 Å². The second-order valence-corrected chi connectivity index (χ2v) is 4.90. The van der Waals surface area contributed by atoms with Crippen molar-refractivity contribution >= 4 is 11.6 Å². The van der Waals surface area contributed by atoms with E-state index in [1.165, 1.54) is 6.08 Å². The molecule has 0 saturated heterocycles. The van der Waals surface area contributed by atoms with Gasteiger partial charge in [0.05, 0.1) is 0 Å². The van der Waals surface area contributed by atoms with Crippen LogP contribution in [-0.4, -0.2) is 11.6 Å². The molecule has 0 aliphatic heterocycles. The number of Topliss-reactive ketones (excluding diaryl/α,β-unsaturated/α-hetero) is 1. The van der Waals surface area contributed by atoms with Crippen molar-refractivity contribution in [2.24, 2.45) is 5.92 Å². The van der Waals surface area contributed by atoms with Crippen LogP contribution >= 0.6 is 0 Å². The lowest BCUT2D eigenvalue weighted by atomic mass is 9.81. The number of carbonyl (C=O) groups excluding carboxylic acids is 2. The topological polar surface area (TPSA) is 34.1 Å². The van der Waals surface area contributed by atoms with E-state index in [0.29, 0.717) is 16.7 Å². The molecule has 1 aromatic carbocycles. The summed E-state index contributed by atoms with van der Waals surface area (Å²) in [6, 6.07) is 3.80. The van der Waals surface area contributed by atoms with E-state index in [4.69, 9.17) is 0 Å². The number of fused-ring (bicyclic) bond motifs is 1. The van der Waals surface area contributed by atoms with E-state index >= 15 is 0 Å². The molecule has 17 heavy (non-hydrogen) atoms. The van der Waals surface area contributed by atoms with Crippen molar-refractivity contribution in [3.05, 3.63) is 46.0 Å². The molecular formula is C15H16O2. The van der Waals surface area contributed by atoms with E-state index in [1.54, 1.807) is 0 Å². The average Bonchev–Trinajstić information content (AvgIpc) is 2.26.